The smallest absolute Gasteiger partial charge is 0.270 e. The highest BCUT2D eigenvalue weighted by molar-refractivity contribution is 6.22. The van der Waals surface area contributed by atoms with Gasteiger partial charge in [-0.1, -0.05) is 19.3 Å². The van der Waals surface area contributed by atoms with Crippen molar-refractivity contribution in [1.82, 2.24) is 9.80 Å². The molecule has 0 bridgehead atoms. The molecule has 2 heterocycles. The number of likely N-dealkylation sites (tertiary alicyclic amines) is 1. The van der Waals surface area contributed by atoms with Crippen molar-refractivity contribution in [3.05, 3.63) is 39.4 Å². The third-order valence-electron chi connectivity index (χ3n) is 6.10. The number of carbonyl (C=O) groups is 3. The molecule has 1 saturated carbocycles. The molecule has 0 N–H and O–H groups in total. The Balaban J connectivity index is 1.46. The Morgan fingerprint density at radius 3 is 2.52 bits per heavy atom. The Morgan fingerprint density at radius 2 is 1.78 bits per heavy atom. The molecule has 2 atom stereocenters. The highest BCUT2D eigenvalue weighted by atomic mass is 16.6. The van der Waals surface area contributed by atoms with Gasteiger partial charge >= 0.3 is 0 Å². The number of amides is 3. The van der Waals surface area contributed by atoms with Gasteiger partial charge in [-0.05, 0) is 30.7 Å². The fourth-order valence-electron chi connectivity index (χ4n) is 4.60. The Labute approximate surface area is 156 Å². The Morgan fingerprint density at radius 1 is 1.07 bits per heavy atom. The molecule has 0 radical (unpaired) electrons. The van der Waals surface area contributed by atoms with Gasteiger partial charge in [0.15, 0.2) is 0 Å². The van der Waals surface area contributed by atoms with E-state index in [-0.39, 0.29) is 29.3 Å². The predicted octanol–water partition coefficient (Wildman–Crippen LogP) is 2.23. The van der Waals surface area contributed by atoms with Crippen molar-refractivity contribution in [2.24, 2.45) is 11.8 Å². The molecule has 8 nitrogen and oxygen atoms in total. The van der Waals surface area contributed by atoms with Crippen LogP contribution in [0.25, 0.3) is 0 Å². The van der Waals surface area contributed by atoms with Crippen LogP contribution in [0.2, 0.25) is 0 Å². The van der Waals surface area contributed by atoms with Gasteiger partial charge in [-0.2, -0.15) is 0 Å². The first-order valence-corrected chi connectivity index (χ1v) is 9.38. The minimum atomic E-state index is -0.639. The van der Waals surface area contributed by atoms with Crippen LogP contribution >= 0.6 is 0 Å². The lowest BCUT2D eigenvalue weighted by atomic mass is 9.75. The van der Waals surface area contributed by atoms with Gasteiger partial charge < -0.3 is 4.90 Å². The second kappa shape index (κ2) is 6.75. The van der Waals surface area contributed by atoms with Gasteiger partial charge in [-0.3, -0.25) is 29.4 Å². The fraction of sp³-hybridized carbons (Fsp3) is 0.526. The van der Waals surface area contributed by atoms with E-state index in [9.17, 15) is 24.5 Å². The summed E-state index contributed by atoms with van der Waals surface area (Å²) in [5.41, 5.74) is -0.139. The number of piperidine rings is 1. The van der Waals surface area contributed by atoms with Crippen LogP contribution < -0.4 is 0 Å². The number of hydrogen-bond donors (Lipinski definition) is 0. The maximum absolute atomic E-state index is 12.7. The molecule has 1 aromatic carbocycles. The van der Waals surface area contributed by atoms with Gasteiger partial charge in [0.1, 0.15) is 6.54 Å². The standard InChI is InChI=1S/C19H21N3O5/c23-17(20-8-7-12-3-1-2-4-13(12)10-20)11-21-18(24)15-6-5-14(22(26)27)9-16(15)19(21)25/h5-6,9,12-13H,1-4,7-8,10-11H2/t12-,13+/m1/s1. The molecule has 2 fully saturated rings. The number of rotatable bonds is 3. The number of imide groups is 1. The van der Waals surface area contributed by atoms with E-state index in [0.29, 0.717) is 24.9 Å². The Hall–Kier alpha value is -2.77. The van der Waals surface area contributed by atoms with Gasteiger partial charge in [0, 0.05) is 25.2 Å². The third kappa shape index (κ3) is 3.09. The molecule has 142 valence electrons. The maximum atomic E-state index is 12.7. The lowest BCUT2D eigenvalue weighted by Crippen LogP contribution is -2.49. The van der Waals surface area contributed by atoms with Crippen molar-refractivity contribution in [3.63, 3.8) is 0 Å². The largest absolute Gasteiger partial charge is 0.341 e. The number of nitro groups is 1. The molecule has 3 amide bonds. The number of benzene rings is 1. The molecule has 1 aliphatic carbocycles. The normalized spacial score (nSPS) is 24.6. The van der Waals surface area contributed by atoms with E-state index in [0.717, 1.165) is 23.8 Å². The molecule has 2 aliphatic heterocycles. The summed E-state index contributed by atoms with van der Waals surface area (Å²) in [4.78, 5) is 50.7. The number of nitrogens with zero attached hydrogens (tertiary/aromatic N) is 3. The SMILES string of the molecule is O=C(CN1C(=O)c2ccc([N+](=O)[O-])cc2C1=O)N1CC[C@H]2CCCC[C@H]2C1. The molecule has 27 heavy (non-hydrogen) atoms. The molecule has 0 spiro atoms. The third-order valence-corrected chi connectivity index (χ3v) is 6.10. The summed E-state index contributed by atoms with van der Waals surface area (Å²) in [6.45, 7) is 1.05. The first-order chi connectivity index (χ1) is 13.0. The Bertz CT molecular complexity index is 837. The van der Waals surface area contributed by atoms with E-state index >= 15 is 0 Å². The van der Waals surface area contributed by atoms with Gasteiger partial charge in [0.2, 0.25) is 5.91 Å². The summed E-state index contributed by atoms with van der Waals surface area (Å²) in [7, 11) is 0. The Kier molecular flexibility index (Phi) is 4.41. The van der Waals surface area contributed by atoms with Crippen molar-refractivity contribution in [2.45, 2.75) is 32.1 Å². The summed E-state index contributed by atoms with van der Waals surface area (Å²) >= 11 is 0. The molecule has 4 rings (SSSR count). The molecule has 1 saturated heterocycles. The van der Waals surface area contributed by atoms with Crippen LogP contribution in [0.3, 0.4) is 0 Å². The van der Waals surface area contributed by atoms with Crippen LogP contribution in [0.1, 0.15) is 52.8 Å². The molecule has 0 aromatic heterocycles. The van der Waals surface area contributed by atoms with Crippen LogP contribution in [0.5, 0.6) is 0 Å². The van der Waals surface area contributed by atoms with Crippen molar-refractivity contribution in [3.8, 4) is 0 Å². The van der Waals surface area contributed by atoms with Crippen LogP contribution in [0.15, 0.2) is 18.2 Å². The lowest BCUT2D eigenvalue weighted by Gasteiger charge is -2.41. The van der Waals surface area contributed by atoms with Crippen molar-refractivity contribution in [1.29, 1.82) is 0 Å². The van der Waals surface area contributed by atoms with Crippen LogP contribution in [-0.2, 0) is 4.79 Å². The molecule has 3 aliphatic rings. The van der Waals surface area contributed by atoms with E-state index < -0.39 is 16.7 Å². The lowest BCUT2D eigenvalue weighted by molar-refractivity contribution is -0.384. The van der Waals surface area contributed by atoms with Crippen LogP contribution in [0, 0.1) is 22.0 Å². The van der Waals surface area contributed by atoms with E-state index in [1.807, 2.05) is 0 Å². The zero-order valence-electron chi connectivity index (χ0n) is 14.9. The van der Waals surface area contributed by atoms with Gasteiger partial charge in [-0.15, -0.1) is 0 Å². The number of hydrogen-bond acceptors (Lipinski definition) is 5. The van der Waals surface area contributed by atoms with Crippen LogP contribution in [-0.4, -0.2) is 52.1 Å². The molecule has 1 aromatic rings. The zero-order valence-corrected chi connectivity index (χ0v) is 14.9. The maximum Gasteiger partial charge on any atom is 0.270 e. The number of non-ortho nitro benzene ring substituents is 1. The predicted molar refractivity (Wildman–Crippen MR) is 95.1 cm³/mol. The summed E-state index contributed by atoms with van der Waals surface area (Å²) in [5, 5.41) is 10.9. The minimum absolute atomic E-state index is 0.00649. The van der Waals surface area contributed by atoms with Crippen LogP contribution in [0.4, 0.5) is 5.69 Å². The summed E-state index contributed by atoms with van der Waals surface area (Å²) < 4.78 is 0. The van der Waals surface area contributed by atoms with Gasteiger partial charge in [0.25, 0.3) is 17.5 Å². The number of nitro benzene ring substituents is 1. The first kappa shape index (κ1) is 17.6. The highest BCUT2D eigenvalue weighted by Gasteiger charge is 2.40. The monoisotopic (exact) mass is 371 g/mol. The van der Waals surface area contributed by atoms with Gasteiger partial charge in [-0.25, -0.2) is 0 Å². The fourth-order valence-corrected chi connectivity index (χ4v) is 4.60. The topological polar surface area (TPSA) is 101 Å². The molecular formula is C19H21N3O5. The zero-order chi connectivity index (χ0) is 19.1. The number of carbonyl (C=O) groups excluding carboxylic acids is 3. The molecule has 0 unspecified atom stereocenters. The van der Waals surface area contributed by atoms with Crippen molar-refractivity contribution in [2.75, 3.05) is 19.6 Å². The quantitative estimate of drug-likeness (QED) is 0.461. The second-order valence-electron chi connectivity index (χ2n) is 7.62. The van der Waals surface area contributed by atoms with Crippen molar-refractivity contribution < 1.29 is 19.3 Å². The summed E-state index contributed by atoms with van der Waals surface area (Å²) in [6, 6.07) is 3.59. The second-order valence-corrected chi connectivity index (χ2v) is 7.62. The van der Waals surface area contributed by atoms with E-state index in [2.05, 4.69) is 0 Å². The molecular weight excluding hydrogens is 350 g/mol. The summed E-state index contributed by atoms with van der Waals surface area (Å²) in [6.07, 6.45) is 5.79. The first-order valence-electron chi connectivity index (χ1n) is 9.38. The minimum Gasteiger partial charge on any atom is -0.341 e. The van der Waals surface area contributed by atoms with E-state index in [1.165, 1.54) is 31.4 Å². The summed E-state index contributed by atoms with van der Waals surface area (Å²) in [5.74, 6) is -0.239. The van der Waals surface area contributed by atoms with E-state index in [1.54, 1.807) is 4.90 Å². The highest BCUT2D eigenvalue weighted by Crippen LogP contribution is 2.36. The van der Waals surface area contributed by atoms with Gasteiger partial charge in [0.05, 0.1) is 16.1 Å². The average Bonchev–Trinajstić information content (AvgIpc) is 2.92. The van der Waals surface area contributed by atoms with E-state index in [4.69, 9.17) is 0 Å². The number of fused-ring (bicyclic) bond motifs is 2. The van der Waals surface area contributed by atoms with Crippen molar-refractivity contribution >= 4 is 23.4 Å². The average molecular weight is 371 g/mol. The molecule has 8 heteroatoms.